The third kappa shape index (κ3) is 5.52. The number of rotatable bonds is 12. The van der Waals surface area contributed by atoms with E-state index in [1.54, 1.807) is 45.5 Å². The van der Waals surface area contributed by atoms with Crippen LogP contribution in [0, 0.1) is 25.7 Å². The number of carbonyl (C=O) groups excluding carboxylic acids is 3. The highest BCUT2D eigenvalue weighted by molar-refractivity contribution is 9.09. The maximum Gasteiger partial charge on any atom is 0.251 e. The fourth-order valence-electron chi connectivity index (χ4n) is 7.51. The summed E-state index contributed by atoms with van der Waals surface area (Å²) in [4.78, 5) is 49.0. The molecule has 3 amide bonds. The van der Waals surface area contributed by atoms with E-state index in [2.05, 4.69) is 29.1 Å². The molecule has 0 saturated carbocycles. The molecule has 10 heteroatoms. The quantitative estimate of drug-likeness (QED) is 0.240. The fraction of sp³-hybridized carbons (Fsp3) is 0.457. The van der Waals surface area contributed by atoms with Crippen LogP contribution in [-0.4, -0.2) is 80.9 Å². The van der Waals surface area contributed by atoms with Crippen LogP contribution in [0.3, 0.4) is 0 Å². The molecular formula is C35H42BrN3O5S. The van der Waals surface area contributed by atoms with Crippen LogP contribution in [0.2, 0.25) is 0 Å². The number of aliphatic hydroxyl groups excluding tert-OH is 1. The van der Waals surface area contributed by atoms with Gasteiger partial charge in [0.2, 0.25) is 11.8 Å². The van der Waals surface area contributed by atoms with Crippen molar-refractivity contribution >= 4 is 56.8 Å². The molecule has 0 radical (unpaired) electrons. The lowest BCUT2D eigenvalue weighted by Gasteiger charge is -2.40. The first-order valence-corrected chi connectivity index (χ1v) is 17.2. The second-order valence-electron chi connectivity index (χ2n) is 12.1. The van der Waals surface area contributed by atoms with Crippen molar-refractivity contribution in [2.75, 3.05) is 36.1 Å². The summed E-state index contributed by atoms with van der Waals surface area (Å²) in [5.41, 5.74) is 3.35. The number of hydrogen-bond donors (Lipinski definition) is 1. The van der Waals surface area contributed by atoms with Crippen LogP contribution in [0.15, 0.2) is 67.8 Å². The monoisotopic (exact) mass is 695 g/mol. The summed E-state index contributed by atoms with van der Waals surface area (Å²) in [5, 5.41) is 10.1. The number of likely N-dealkylation sites (tertiary alicyclic amines) is 1. The van der Waals surface area contributed by atoms with E-state index in [0.29, 0.717) is 24.5 Å². The van der Waals surface area contributed by atoms with Gasteiger partial charge in [0.25, 0.3) is 5.91 Å². The van der Waals surface area contributed by atoms with Gasteiger partial charge in [-0.25, -0.2) is 0 Å². The molecule has 240 valence electrons. The molecule has 5 rings (SSSR count). The van der Waals surface area contributed by atoms with Crippen LogP contribution in [-0.2, 0) is 14.4 Å². The Morgan fingerprint density at radius 2 is 1.73 bits per heavy atom. The standard InChI is InChI=1S/C35H42BrN3O5S/c1-7-17-37(24-13-15-25(16-14-24)44-9-3)32(41)27-28-33(42)39(23(6)20-40)31(35(28)19-26(36)30(27)45-35)34(43)38(18-8-2)29-21(4)11-10-12-22(29)5/h7-8,10-16,23,26-28,30-31,40H,1-2,9,17-20H2,3-6H3/t23-,26?,27-,28+,30-,31?,35?/m1/s1. The van der Waals surface area contributed by atoms with Gasteiger partial charge in [-0.2, -0.15) is 0 Å². The van der Waals surface area contributed by atoms with E-state index >= 15 is 0 Å². The van der Waals surface area contributed by atoms with Gasteiger partial charge in [0.1, 0.15) is 11.8 Å². The van der Waals surface area contributed by atoms with E-state index in [9.17, 15) is 19.5 Å². The van der Waals surface area contributed by atoms with Crippen molar-refractivity contribution in [1.29, 1.82) is 0 Å². The summed E-state index contributed by atoms with van der Waals surface area (Å²) < 4.78 is 4.75. The molecule has 3 unspecified atom stereocenters. The van der Waals surface area contributed by atoms with Crippen molar-refractivity contribution in [3.05, 3.63) is 78.9 Å². The van der Waals surface area contributed by atoms with Crippen LogP contribution >= 0.6 is 27.7 Å². The lowest BCUT2D eigenvalue weighted by molar-refractivity contribution is -0.141. The molecule has 3 aliphatic heterocycles. The van der Waals surface area contributed by atoms with E-state index in [1.165, 1.54) is 0 Å². The molecule has 3 fully saturated rings. The maximum absolute atomic E-state index is 14.9. The van der Waals surface area contributed by atoms with Gasteiger partial charge in [-0.15, -0.1) is 24.9 Å². The average molecular weight is 697 g/mol. The fourth-order valence-corrected chi connectivity index (χ4v) is 11.1. The number of carbonyl (C=O) groups is 3. The Morgan fingerprint density at radius 3 is 2.31 bits per heavy atom. The number of amides is 3. The molecule has 1 spiro atoms. The first-order chi connectivity index (χ1) is 21.6. The smallest absolute Gasteiger partial charge is 0.251 e. The average Bonchev–Trinajstić information content (AvgIpc) is 3.62. The van der Waals surface area contributed by atoms with Crippen LogP contribution < -0.4 is 14.5 Å². The molecule has 3 aliphatic rings. The van der Waals surface area contributed by atoms with Crippen LogP contribution in [0.1, 0.15) is 31.4 Å². The minimum absolute atomic E-state index is 0.0841. The van der Waals surface area contributed by atoms with Crippen LogP contribution in [0.5, 0.6) is 5.75 Å². The Balaban J connectivity index is 1.59. The summed E-state index contributed by atoms with van der Waals surface area (Å²) in [6.07, 6.45) is 3.92. The first-order valence-electron chi connectivity index (χ1n) is 15.4. The minimum Gasteiger partial charge on any atom is -0.494 e. The van der Waals surface area contributed by atoms with E-state index in [-0.39, 0.29) is 47.5 Å². The van der Waals surface area contributed by atoms with Crippen LogP contribution in [0.4, 0.5) is 11.4 Å². The van der Waals surface area contributed by atoms with Crippen molar-refractivity contribution in [3.8, 4) is 5.75 Å². The molecule has 3 saturated heterocycles. The van der Waals surface area contributed by atoms with Crippen molar-refractivity contribution in [1.82, 2.24) is 4.90 Å². The Hall–Kier alpha value is -3.08. The summed E-state index contributed by atoms with van der Waals surface area (Å²) in [6.45, 7) is 16.2. The van der Waals surface area contributed by atoms with Crippen molar-refractivity contribution in [2.24, 2.45) is 11.8 Å². The number of para-hydroxylation sites is 1. The molecule has 0 aromatic heterocycles. The minimum atomic E-state index is -0.873. The number of anilines is 2. The summed E-state index contributed by atoms with van der Waals surface area (Å²) >= 11 is 5.45. The predicted octanol–water partition coefficient (Wildman–Crippen LogP) is 5.29. The predicted molar refractivity (Wildman–Crippen MR) is 184 cm³/mol. The van der Waals surface area contributed by atoms with Crippen molar-refractivity contribution in [2.45, 2.75) is 61.0 Å². The normalized spacial score (nSPS) is 27.2. The Labute approximate surface area is 278 Å². The number of hydrogen-bond acceptors (Lipinski definition) is 6. The highest BCUT2D eigenvalue weighted by atomic mass is 79.9. The van der Waals surface area contributed by atoms with Crippen LogP contribution in [0.25, 0.3) is 0 Å². The largest absolute Gasteiger partial charge is 0.494 e. The summed E-state index contributed by atoms with van der Waals surface area (Å²) in [5.74, 6) is -1.35. The molecule has 1 N–H and O–H groups in total. The summed E-state index contributed by atoms with van der Waals surface area (Å²) in [6, 6.07) is 11.7. The van der Waals surface area contributed by atoms with Gasteiger partial charge in [-0.3, -0.25) is 14.4 Å². The molecule has 8 nitrogen and oxygen atoms in total. The Kier molecular flexibility index (Phi) is 9.87. The highest BCUT2D eigenvalue weighted by Crippen LogP contribution is 2.68. The van der Waals surface area contributed by atoms with Crippen molar-refractivity contribution < 1.29 is 24.2 Å². The number of benzene rings is 2. The van der Waals surface area contributed by atoms with Gasteiger partial charge in [0, 0.05) is 34.5 Å². The SMILES string of the molecule is C=CCN(C(=O)[C@H]1[C@@H]2SC3(CC2Br)C(C(=O)N(CC=C)c2c(C)cccc2C)N([C@H](C)CO)C(=O)[C@H]13)c1ccc(OCC)cc1. The molecule has 2 aromatic carbocycles. The van der Waals surface area contributed by atoms with Gasteiger partial charge in [0.15, 0.2) is 0 Å². The van der Waals surface area contributed by atoms with E-state index in [1.807, 2.05) is 63.2 Å². The molecule has 7 atom stereocenters. The first kappa shape index (κ1) is 33.3. The second-order valence-corrected chi connectivity index (χ2v) is 14.8. The highest BCUT2D eigenvalue weighted by Gasteiger charge is 2.76. The van der Waals surface area contributed by atoms with Gasteiger partial charge in [-0.05, 0) is 69.5 Å². The molecular weight excluding hydrogens is 654 g/mol. The number of nitrogens with zero attached hydrogens (tertiary/aromatic N) is 3. The molecule has 2 aromatic rings. The zero-order chi connectivity index (χ0) is 32.6. The third-order valence-corrected chi connectivity index (χ3v) is 12.5. The lowest BCUT2D eigenvalue weighted by Crippen LogP contribution is -2.58. The number of halogens is 1. The number of thioether (sulfide) groups is 1. The van der Waals surface area contributed by atoms with Gasteiger partial charge < -0.3 is 24.5 Å². The van der Waals surface area contributed by atoms with E-state index < -0.39 is 28.7 Å². The maximum atomic E-state index is 14.9. The Morgan fingerprint density at radius 1 is 1.11 bits per heavy atom. The molecule has 3 heterocycles. The van der Waals surface area contributed by atoms with Gasteiger partial charge >= 0.3 is 0 Å². The molecule has 0 aliphatic carbocycles. The second kappa shape index (κ2) is 13.3. The summed E-state index contributed by atoms with van der Waals surface area (Å²) in [7, 11) is 0. The zero-order valence-electron chi connectivity index (χ0n) is 26.3. The Bertz CT molecular complexity index is 1460. The number of aliphatic hydroxyl groups is 1. The number of fused-ring (bicyclic) bond motifs is 1. The number of aryl methyl sites for hydroxylation is 2. The van der Waals surface area contributed by atoms with Gasteiger partial charge in [-0.1, -0.05) is 46.3 Å². The van der Waals surface area contributed by atoms with E-state index in [0.717, 1.165) is 16.8 Å². The lowest BCUT2D eigenvalue weighted by atomic mass is 9.70. The zero-order valence-corrected chi connectivity index (χ0v) is 28.7. The topological polar surface area (TPSA) is 90.4 Å². The number of alkyl halides is 1. The number of ether oxygens (including phenoxy) is 1. The van der Waals surface area contributed by atoms with Crippen molar-refractivity contribution in [3.63, 3.8) is 0 Å². The van der Waals surface area contributed by atoms with E-state index in [4.69, 9.17) is 4.74 Å². The molecule has 2 bridgehead atoms. The van der Waals surface area contributed by atoms with Gasteiger partial charge in [0.05, 0.1) is 35.8 Å². The third-order valence-electron chi connectivity index (χ3n) is 9.31. The molecule has 45 heavy (non-hydrogen) atoms.